The second-order valence-corrected chi connectivity index (χ2v) is 4.58. The summed E-state index contributed by atoms with van der Waals surface area (Å²) in [6.45, 7) is 1.80. The van der Waals surface area contributed by atoms with Crippen LogP contribution in [0.5, 0.6) is 0 Å². The highest BCUT2D eigenvalue weighted by Gasteiger charge is 2.26. The van der Waals surface area contributed by atoms with Crippen molar-refractivity contribution in [3.63, 3.8) is 0 Å². The molecule has 2 N–H and O–H groups in total. The molecule has 0 bridgehead atoms. The summed E-state index contributed by atoms with van der Waals surface area (Å²) >= 11 is 0. The van der Waals surface area contributed by atoms with Crippen molar-refractivity contribution in [1.82, 2.24) is 0 Å². The van der Waals surface area contributed by atoms with Gasteiger partial charge in [0.05, 0.1) is 12.5 Å². The lowest BCUT2D eigenvalue weighted by molar-refractivity contribution is -0.154. The zero-order valence-corrected chi connectivity index (χ0v) is 10.1. The molecule has 0 aromatic rings. The number of aliphatic hydroxyl groups is 2. The van der Waals surface area contributed by atoms with Crippen LogP contribution in [0.25, 0.3) is 0 Å². The Bertz CT molecular complexity index is 276. The molecule has 0 amide bonds. The molecule has 0 aromatic heterocycles. The number of Topliss-reactive ketones (excluding diaryl/α,β-unsaturated/α-hetero) is 1. The molecule has 5 nitrogen and oxygen atoms in total. The van der Waals surface area contributed by atoms with Crippen molar-refractivity contribution in [2.75, 3.05) is 0 Å². The van der Waals surface area contributed by atoms with Crippen molar-refractivity contribution in [2.45, 2.75) is 63.8 Å². The zero-order valence-electron chi connectivity index (χ0n) is 10.1. The molecule has 98 valence electrons. The van der Waals surface area contributed by atoms with Gasteiger partial charge in [0, 0.05) is 0 Å². The SMILES string of the molecule is CC1CCCCC[C@H](O)C(=O)[C@@H](O)CC(=O)O1. The number of ether oxygens (including phenoxy) is 1. The molecule has 1 aliphatic heterocycles. The Morgan fingerprint density at radius 3 is 2.41 bits per heavy atom. The Morgan fingerprint density at radius 1 is 1.06 bits per heavy atom. The second-order valence-electron chi connectivity index (χ2n) is 4.58. The monoisotopic (exact) mass is 244 g/mol. The number of hydrogen-bond acceptors (Lipinski definition) is 5. The summed E-state index contributed by atoms with van der Waals surface area (Å²) in [7, 11) is 0. The average Bonchev–Trinajstić information content (AvgIpc) is 2.25. The lowest BCUT2D eigenvalue weighted by atomic mass is 10.0. The van der Waals surface area contributed by atoms with Crippen LogP contribution in [0.4, 0.5) is 0 Å². The number of aliphatic hydroxyl groups excluding tert-OH is 2. The van der Waals surface area contributed by atoms with E-state index in [1.165, 1.54) is 0 Å². The fourth-order valence-corrected chi connectivity index (χ4v) is 1.90. The highest BCUT2D eigenvalue weighted by molar-refractivity contribution is 5.90. The van der Waals surface area contributed by atoms with Crippen LogP contribution in [0.3, 0.4) is 0 Å². The van der Waals surface area contributed by atoms with Gasteiger partial charge in [-0.05, 0) is 26.2 Å². The van der Waals surface area contributed by atoms with Gasteiger partial charge in [-0.25, -0.2) is 0 Å². The van der Waals surface area contributed by atoms with Crippen LogP contribution >= 0.6 is 0 Å². The van der Waals surface area contributed by atoms with Crippen molar-refractivity contribution in [2.24, 2.45) is 0 Å². The van der Waals surface area contributed by atoms with E-state index in [4.69, 9.17) is 4.74 Å². The zero-order chi connectivity index (χ0) is 12.8. The van der Waals surface area contributed by atoms with Crippen LogP contribution in [0.1, 0.15) is 45.4 Å². The lowest BCUT2D eigenvalue weighted by Gasteiger charge is -2.18. The quantitative estimate of drug-likeness (QED) is 0.608. The van der Waals surface area contributed by atoms with Crippen molar-refractivity contribution >= 4 is 11.8 Å². The van der Waals surface area contributed by atoms with Crippen LogP contribution in [-0.2, 0) is 14.3 Å². The number of esters is 1. The third-order valence-corrected chi connectivity index (χ3v) is 2.94. The lowest BCUT2D eigenvalue weighted by Crippen LogP contribution is -2.35. The van der Waals surface area contributed by atoms with E-state index in [2.05, 4.69) is 0 Å². The summed E-state index contributed by atoms with van der Waals surface area (Å²) in [6.07, 6.45) is 0.444. The third kappa shape index (κ3) is 4.83. The summed E-state index contributed by atoms with van der Waals surface area (Å²) in [5, 5.41) is 19.0. The van der Waals surface area contributed by atoms with Crippen molar-refractivity contribution in [1.29, 1.82) is 0 Å². The number of rotatable bonds is 0. The van der Waals surface area contributed by atoms with Crippen LogP contribution in [0, 0.1) is 0 Å². The molecule has 1 aliphatic rings. The maximum atomic E-state index is 11.5. The number of cyclic esters (lactones) is 1. The first kappa shape index (κ1) is 14.1. The van der Waals surface area contributed by atoms with Crippen molar-refractivity contribution in [3.05, 3.63) is 0 Å². The predicted molar refractivity (Wildman–Crippen MR) is 60.3 cm³/mol. The van der Waals surface area contributed by atoms with Gasteiger partial charge < -0.3 is 14.9 Å². The van der Waals surface area contributed by atoms with E-state index in [1.807, 2.05) is 0 Å². The van der Waals surface area contributed by atoms with Crippen LogP contribution < -0.4 is 0 Å². The van der Waals surface area contributed by atoms with Gasteiger partial charge >= 0.3 is 5.97 Å². The highest BCUT2D eigenvalue weighted by atomic mass is 16.5. The van der Waals surface area contributed by atoms with Gasteiger partial charge in [-0.3, -0.25) is 9.59 Å². The first-order chi connectivity index (χ1) is 8.00. The Kier molecular flexibility index (Phi) is 5.58. The van der Waals surface area contributed by atoms with Gasteiger partial charge in [0.25, 0.3) is 0 Å². The molecular weight excluding hydrogens is 224 g/mol. The number of carbonyl (C=O) groups excluding carboxylic acids is 2. The maximum absolute atomic E-state index is 11.5. The van der Waals surface area contributed by atoms with Crippen molar-refractivity contribution < 1.29 is 24.5 Å². The van der Waals surface area contributed by atoms with Crippen LogP contribution in [0.2, 0.25) is 0 Å². The fourth-order valence-electron chi connectivity index (χ4n) is 1.90. The van der Waals surface area contributed by atoms with Gasteiger partial charge in [0.1, 0.15) is 12.2 Å². The Labute approximate surface area is 101 Å². The van der Waals surface area contributed by atoms with Gasteiger partial charge in [-0.1, -0.05) is 12.8 Å². The molecule has 5 heteroatoms. The Morgan fingerprint density at radius 2 is 1.71 bits per heavy atom. The molecular formula is C12H20O5. The molecule has 0 aliphatic carbocycles. The summed E-state index contributed by atoms with van der Waals surface area (Å²) in [4.78, 5) is 22.8. The fraction of sp³-hybridized carbons (Fsp3) is 0.833. The highest BCUT2D eigenvalue weighted by Crippen LogP contribution is 2.14. The molecule has 0 spiro atoms. The molecule has 1 fully saturated rings. The standard InChI is InChI=1S/C12H20O5/c1-8-5-3-2-4-6-9(13)12(16)10(14)7-11(15)17-8/h8-10,13-14H,2-7H2,1H3/t8?,9-,10-/m0/s1. The van der Waals surface area contributed by atoms with E-state index in [0.29, 0.717) is 6.42 Å². The predicted octanol–water partition coefficient (Wildman–Crippen LogP) is 0.563. The molecule has 0 saturated carbocycles. The molecule has 1 unspecified atom stereocenters. The summed E-state index contributed by atoms with van der Waals surface area (Å²) in [5.74, 6) is -1.28. The molecule has 1 heterocycles. The minimum Gasteiger partial charge on any atom is -0.463 e. The molecule has 1 saturated heterocycles. The van der Waals surface area contributed by atoms with Gasteiger partial charge in [0.15, 0.2) is 5.78 Å². The number of carbonyl (C=O) groups is 2. The second kappa shape index (κ2) is 6.71. The Hall–Kier alpha value is -0.940. The van der Waals surface area contributed by atoms with E-state index in [-0.39, 0.29) is 12.5 Å². The first-order valence-electron chi connectivity index (χ1n) is 6.10. The van der Waals surface area contributed by atoms with Crippen LogP contribution in [0.15, 0.2) is 0 Å². The third-order valence-electron chi connectivity index (χ3n) is 2.94. The van der Waals surface area contributed by atoms with E-state index in [0.717, 1.165) is 25.7 Å². The van der Waals surface area contributed by atoms with E-state index in [9.17, 15) is 19.8 Å². The van der Waals surface area contributed by atoms with Crippen LogP contribution in [-0.4, -0.2) is 40.3 Å². The van der Waals surface area contributed by atoms with E-state index < -0.39 is 24.0 Å². The molecule has 1 rings (SSSR count). The smallest absolute Gasteiger partial charge is 0.309 e. The Balaban J connectivity index is 2.61. The molecule has 0 radical (unpaired) electrons. The number of hydrogen-bond donors (Lipinski definition) is 2. The van der Waals surface area contributed by atoms with Gasteiger partial charge in [-0.15, -0.1) is 0 Å². The van der Waals surface area contributed by atoms with Gasteiger partial charge in [0.2, 0.25) is 0 Å². The normalized spacial score (nSPS) is 33.5. The molecule has 17 heavy (non-hydrogen) atoms. The first-order valence-corrected chi connectivity index (χ1v) is 6.10. The summed E-state index contributed by atoms with van der Waals surface area (Å²) in [6, 6.07) is 0. The minimum atomic E-state index is -1.45. The van der Waals surface area contributed by atoms with E-state index in [1.54, 1.807) is 6.92 Å². The maximum Gasteiger partial charge on any atom is 0.309 e. The van der Waals surface area contributed by atoms with Crippen molar-refractivity contribution in [3.8, 4) is 0 Å². The van der Waals surface area contributed by atoms with Gasteiger partial charge in [-0.2, -0.15) is 0 Å². The van der Waals surface area contributed by atoms with E-state index >= 15 is 0 Å². The molecule has 3 atom stereocenters. The average molecular weight is 244 g/mol. The summed E-state index contributed by atoms with van der Waals surface area (Å²) in [5.41, 5.74) is 0. The summed E-state index contributed by atoms with van der Waals surface area (Å²) < 4.78 is 5.04. The topological polar surface area (TPSA) is 83.8 Å². The number of ketones is 1. The minimum absolute atomic E-state index is 0.186. The largest absolute Gasteiger partial charge is 0.463 e. The molecule has 0 aromatic carbocycles.